The average molecular weight is 464 g/mol. The van der Waals surface area contributed by atoms with Crippen molar-refractivity contribution in [1.29, 1.82) is 0 Å². The smallest absolute Gasteiger partial charge is 0.416 e. The average Bonchev–Trinajstić information content (AvgIpc) is 2.60. The van der Waals surface area contributed by atoms with Crippen molar-refractivity contribution < 1.29 is 32.2 Å². The maximum Gasteiger partial charge on any atom is 0.416 e. The summed E-state index contributed by atoms with van der Waals surface area (Å²) in [6.45, 7) is 10.1. The molecule has 0 heterocycles. The summed E-state index contributed by atoms with van der Waals surface area (Å²) in [7, 11) is 0. The molecular formula is C22H32F3NO4S. The first-order chi connectivity index (χ1) is 14.0. The van der Waals surface area contributed by atoms with Gasteiger partial charge in [-0.05, 0) is 65.5 Å². The molecule has 1 N–H and O–H groups in total. The summed E-state index contributed by atoms with van der Waals surface area (Å²) in [5, 5.41) is 2.73. The molecule has 0 aliphatic carbocycles. The van der Waals surface area contributed by atoms with E-state index < -0.39 is 46.8 Å². The van der Waals surface area contributed by atoms with E-state index in [4.69, 9.17) is 9.47 Å². The Hall–Kier alpha value is -1.90. The van der Waals surface area contributed by atoms with E-state index in [0.717, 1.165) is 12.1 Å². The Balaban J connectivity index is 3.19. The van der Waals surface area contributed by atoms with Gasteiger partial charge in [0.2, 0.25) is 0 Å². The summed E-state index contributed by atoms with van der Waals surface area (Å²) in [6.07, 6.45) is -3.28. The number of esters is 1. The number of carbonyl (C=O) groups excluding carboxylic acids is 2. The van der Waals surface area contributed by atoms with Gasteiger partial charge in [0.1, 0.15) is 12.2 Å². The topological polar surface area (TPSA) is 64.6 Å². The molecule has 0 spiro atoms. The standard InChI is InChI=1S/C22H32F3NO4S/c1-20(2,3)18(27)29-12-17(26-19(28)30-21(4,5)6)16(13-31-7)14-8-10-15(11-9-14)22(23,24)25/h8-11,16-17H,12-13H2,1-7H3,(H,26,28). The predicted octanol–water partition coefficient (Wildman–Crippen LogP) is 5.63. The zero-order valence-electron chi connectivity index (χ0n) is 19.1. The first kappa shape index (κ1) is 27.1. The van der Waals surface area contributed by atoms with Crippen molar-refractivity contribution in [3.05, 3.63) is 35.4 Å². The number of hydrogen-bond donors (Lipinski definition) is 1. The molecule has 2 unspecified atom stereocenters. The maximum atomic E-state index is 12.9. The number of carbonyl (C=O) groups is 2. The third-order valence-corrected chi connectivity index (χ3v) is 4.90. The van der Waals surface area contributed by atoms with Gasteiger partial charge in [-0.15, -0.1) is 0 Å². The highest BCUT2D eigenvalue weighted by molar-refractivity contribution is 7.98. The second kappa shape index (κ2) is 10.6. The molecule has 5 nitrogen and oxygen atoms in total. The summed E-state index contributed by atoms with van der Waals surface area (Å²) in [6, 6.07) is 4.10. The minimum absolute atomic E-state index is 0.137. The van der Waals surface area contributed by atoms with Crippen molar-refractivity contribution in [3.8, 4) is 0 Å². The first-order valence-corrected chi connectivity index (χ1v) is 11.3. The number of hydrogen-bond acceptors (Lipinski definition) is 5. The molecule has 0 fully saturated rings. The van der Waals surface area contributed by atoms with E-state index in [9.17, 15) is 22.8 Å². The number of amides is 1. The van der Waals surface area contributed by atoms with Gasteiger partial charge in [-0.2, -0.15) is 24.9 Å². The van der Waals surface area contributed by atoms with Crippen LogP contribution in [-0.2, 0) is 20.4 Å². The Morgan fingerprint density at radius 1 is 1.03 bits per heavy atom. The molecule has 31 heavy (non-hydrogen) atoms. The van der Waals surface area contributed by atoms with E-state index in [0.29, 0.717) is 11.3 Å². The number of alkyl carbamates (subject to hydrolysis) is 1. The molecule has 1 aromatic rings. The summed E-state index contributed by atoms with van der Waals surface area (Å²) < 4.78 is 49.6. The van der Waals surface area contributed by atoms with E-state index in [1.54, 1.807) is 41.5 Å². The molecule has 1 amide bonds. The monoisotopic (exact) mass is 463 g/mol. The largest absolute Gasteiger partial charge is 0.463 e. The fourth-order valence-corrected chi connectivity index (χ4v) is 3.43. The lowest BCUT2D eigenvalue weighted by Gasteiger charge is -2.30. The minimum Gasteiger partial charge on any atom is -0.463 e. The Morgan fingerprint density at radius 2 is 1.58 bits per heavy atom. The first-order valence-electron chi connectivity index (χ1n) is 9.87. The summed E-state index contributed by atoms with van der Waals surface area (Å²) in [4.78, 5) is 24.7. The lowest BCUT2D eigenvalue weighted by Crippen LogP contribution is -2.46. The van der Waals surface area contributed by atoms with Gasteiger partial charge in [0, 0.05) is 11.7 Å². The zero-order chi connectivity index (χ0) is 24.0. The summed E-state index contributed by atoms with van der Waals surface area (Å²) >= 11 is 1.47. The number of rotatable bonds is 7. The van der Waals surface area contributed by atoms with Gasteiger partial charge in [0.15, 0.2) is 0 Å². The molecule has 0 aromatic heterocycles. The molecule has 1 aromatic carbocycles. The van der Waals surface area contributed by atoms with Gasteiger partial charge in [0.25, 0.3) is 0 Å². The summed E-state index contributed by atoms with van der Waals surface area (Å²) in [5.74, 6) is -0.366. The van der Waals surface area contributed by atoms with Crippen LogP contribution >= 0.6 is 11.8 Å². The number of halogens is 3. The van der Waals surface area contributed by atoms with Crippen molar-refractivity contribution in [1.82, 2.24) is 5.32 Å². The molecule has 0 saturated carbocycles. The van der Waals surface area contributed by atoms with Crippen LogP contribution in [0.15, 0.2) is 24.3 Å². The van der Waals surface area contributed by atoms with Gasteiger partial charge in [0.05, 0.1) is 17.0 Å². The lowest BCUT2D eigenvalue weighted by atomic mass is 9.92. The Morgan fingerprint density at radius 3 is 2.00 bits per heavy atom. The van der Waals surface area contributed by atoms with Crippen LogP contribution in [0.1, 0.15) is 58.6 Å². The SMILES string of the molecule is CSCC(c1ccc(C(F)(F)F)cc1)C(COC(=O)C(C)(C)C)NC(=O)OC(C)(C)C. The van der Waals surface area contributed by atoms with Crippen molar-refractivity contribution in [2.24, 2.45) is 5.41 Å². The van der Waals surface area contributed by atoms with Gasteiger partial charge >= 0.3 is 18.2 Å². The Bertz CT molecular complexity index is 737. The number of alkyl halides is 3. The molecule has 0 saturated heterocycles. The zero-order valence-corrected chi connectivity index (χ0v) is 19.9. The third-order valence-electron chi connectivity index (χ3n) is 4.21. The molecular weight excluding hydrogens is 431 g/mol. The van der Waals surface area contributed by atoms with Gasteiger partial charge < -0.3 is 14.8 Å². The highest BCUT2D eigenvalue weighted by Gasteiger charge is 2.33. The van der Waals surface area contributed by atoms with Crippen LogP contribution in [0.4, 0.5) is 18.0 Å². The number of ether oxygens (including phenoxy) is 2. The molecule has 0 aliphatic rings. The summed E-state index contributed by atoms with van der Waals surface area (Å²) in [5.41, 5.74) is -1.63. The van der Waals surface area contributed by atoms with E-state index >= 15 is 0 Å². The second-order valence-electron chi connectivity index (χ2n) is 9.28. The second-order valence-corrected chi connectivity index (χ2v) is 10.2. The molecule has 0 radical (unpaired) electrons. The van der Waals surface area contributed by atoms with Crippen molar-refractivity contribution in [3.63, 3.8) is 0 Å². The normalized spacial score (nSPS) is 14.5. The van der Waals surface area contributed by atoms with Crippen molar-refractivity contribution in [2.75, 3.05) is 18.6 Å². The minimum atomic E-state index is -4.44. The van der Waals surface area contributed by atoms with Crippen LogP contribution in [0.2, 0.25) is 0 Å². The van der Waals surface area contributed by atoms with Crippen LogP contribution in [0, 0.1) is 5.41 Å². The van der Waals surface area contributed by atoms with Gasteiger partial charge in [-0.25, -0.2) is 4.79 Å². The molecule has 0 aliphatic heterocycles. The Kier molecular flexibility index (Phi) is 9.29. The highest BCUT2D eigenvalue weighted by atomic mass is 32.2. The van der Waals surface area contributed by atoms with E-state index in [-0.39, 0.29) is 6.61 Å². The molecule has 0 bridgehead atoms. The fraction of sp³-hybridized carbons (Fsp3) is 0.636. The Labute approximate surface area is 186 Å². The number of nitrogens with one attached hydrogen (secondary N) is 1. The van der Waals surface area contributed by atoms with Crippen LogP contribution in [-0.4, -0.2) is 42.3 Å². The predicted molar refractivity (Wildman–Crippen MR) is 116 cm³/mol. The fourth-order valence-electron chi connectivity index (χ4n) is 2.64. The van der Waals surface area contributed by atoms with Gasteiger partial charge in [-0.1, -0.05) is 12.1 Å². The van der Waals surface area contributed by atoms with Crippen LogP contribution < -0.4 is 5.32 Å². The van der Waals surface area contributed by atoms with E-state index in [2.05, 4.69) is 5.32 Å². The number of thioether (sulfide) groups is 1. The maximum absolute atomic E-state index is 12.9. The van der Waals surface area contributed by atoms with E-state index in [1.807, 2.05) is 6.26 Å². The van der Waals surface area contributed by atoms with Crippen LogP contribution in [0.25, 0.3) is 0 Å². The highest BCUT2D eigenvalue weighted by Crippen LogP contribution is 2.32. The van der Waals surface area contributed by atoms with Crippen molar-refractivity contribution >= 4 is 23.8 Å². The van der Waals surface area contributed by atoms with Crippen LogP contribution in [0.3, 0.4) is 0 Å². The van der Waals surface area contributed by atoms with Crippen molar-refractivity contribution in [2.45, 2.75) is 65.3 Å². The quantitative estimate of drug-likeness (QED) is 0.531. The lowest BCUT2D eigenvalue weighted by molar-refractivity contribution is -0.153. The number of benzene rings is 1. The third kappa shape index (κ3) is 9.41. The van der Waals surface area contributed by atoms with E-state index in [1.165, 1.54) is 23.9 Å². The van der Waals surface area contributed by atoms with Gasteiger partial charge in [-0.3, -0.25) is 4.79 Å². The molecule has 9 heteroatoms. The van der Waals surface area contributed by atoms with Crippen LogP contribution in [0.5, 0.6) is 0 Å². The molecule has 176 valence electrons. The molecule has 2 atom stereocenters. The molecule has 1 rings (SSSR count).